The third-order valence-corrected chi connectivity index (χ3v) is 4.28. The van der Waals surface area contributed by atoms with Gasteiger partial charge in [0.1, 0.15) is 17.0 Å². The molecule has 0 saturated heterocycles. The molecule has 0 radical (unpaired) electrons. The van der Waals surface area contributed by atoms with Crippen LogP contribution in [-0.2, 0) is 13.0 Å². The highest BCUT2D eigenvalue weighted by Gasteiger charge is 2.32. The summed E-state index contributed by atoms with van der Waals surface area (Å²) in [5.41, 5.74) is 1.34. The Balaban J connectivity index is 1.95. The molecule has 0 N–H and O–H groups in total. The first kappa shape index (κ1) is 14.5. The van der Waals surface area contributed by atoms with Crippen LogP contribution in [0, 0.1) is 17.0 Å². The Bertz CT molecular complexity index is 949. The zero-order chi connectivity index (χ0) is 16.4. The minimum Gasteiger partial charge on any atom is -0.327 e. The molecule has 4 nitrogen and oxygen atoms in total. The lowest BCUT2D eigenvalue weighted by atomic mass is 9.92. The molecule has 0 unspecified atom stereocenters. The first-order valence-electron chi connectivity index (χ1n) is 7.21. The van der Waals surface area contributed by atoms with Crippen molar-refractivity contribution in [3.8, 4) is 11.3 Å². The van der Waals surface area contributed by atoms with E-state index in [2.05, 4.69) is 28.8 Å². The van der Waals surface area contributed by atoms with E-state index in [-0.39, 0.29) is 16.4 Å². The molecule has 0 saturated carbocycles. The van der Waals surface area contributed by atoms with Crippen molar-refractivity contribution in [2.45, 2.75) is 26.8 Å². The van der Waals surface area contributed by atoms with E-state index in [1.54, 1.807) is 6.07 Å². The standard InChI is InChI=1S/C16H13ClF2N4/c1-16(2)5-12-21-14-9(18)3-8(4-11(14)23(12)7-16)13-10(19)6-20-15(17)22-13/h3-4,6H,5,7H2,1-2H3. The molecule has 1 aliphatic rings. The minimum absolute atomic E-state index is 0.0152. The Kier molecular flexibility index (Phi) is 2.97. The van der Waals surface area contributed by atoms with Gasteiger partial charge in [-0.05, 0) is 29.1 Å². The number of hydrogen-bond acceptors (Lipinski definition) is 3. The molecule has 1 aromatic carbocycles. The van der Waals surface area contributed by atoms with Crippen LogP contribution in [0.25, 0.3) is 22.3 Å². The fourth-order valence-corrected chi connectivity index (χ4v) is 3.27. The molecule has 4 rings (SSSR count). The Morgan fingerprint density at radius 3 is 2.74 bits per heavy atom. The summed E-state index contributed by atoms with van der Waals surface area (Å²) >= 11 is 5.73. The van der Waals surface area contributed by atoms with E-state index in [9.17, 15) is 8.78 Å². The molecule has 0 amide bonds. The molecule has 118 valence electrons. The van der Waals surface area contributed by atoms with Crippen LogP contribution in [0.1, 0.15) is 19.7 Å². The van der Waals surface area contributed by atoms with Crippen molar-refractivity contribution in [2.24, 2.45) is 5.41 Å². The van der Waals surface area contributed by atoms with Crippen molar-refractivity contribution >= 4 is 22.6 Å². The van der Waals surface area contributed by atoms with Gasteiger partial charge in [0.25, 0.3) is 0 Å². The van der Waals surface area contributed by atoms with Gasteiger partial charge in [-0.3, -0.25) is 0 Å². The molecule has 3 heterocycles. The van der Waals surface area contributed by atoms with Crippen molar-refractivity contribution in [1.29, 1.82) is 0 Å². The van der Waals surface area contributed by atoms with E-state index in [0.717, 1.165) is 25.0 Å². The number of rotatable bonds is 1. The molecule has 0 aliphatic carbocycles. The van der Waals surface area contributed by atoms with Crippen LogP contribution in [0.5, 0.6) is 0 Å². The van der Waals surface area contributed by atoms with E-state index in [4.69, 9.17) is 11.6 Å². The molecule has 2 aromatic heterocycles. The minimum atomic E-state index is -0.644. The molecule has 1 aliphatic heterocycles. The maximum absolute atomic E-state index is 14.4. The number of benzene rings is 1. The largest absolute Gasteiger partial charge is 0.327 e. The summed E-state index contributed by atoms with van der Waals surface area (Å²) in [7, 11) is 0. The van der Waals surface area contributed by atoms with Gasteiger partial charge in [-0.2, -0.15) is 0 Å². The lowest BCUT2D eigenvalue weighted by Crippen LogP contribution is -2.12. The molecule has 0 atom stereocenters. The highest BCUT2D eigenvalue weighted by molar-refractivity contribution is 6.28. The summed E-state index contributed by atoms with van der Waals surface area (Å²) in [4.78, 5) is 11.9. The van der Waals surface area contributed by atoms with E-state index in [1.807, 2.05) is 4.57 Å². The molecule has 23 heavy (non-hydrogen) atoms. The van der Waals surface area contributed by atoms with Crippen LogP contribution < -0.4 is 0 Å². The Morgan fingerprint density at radius 2 is 1.96 bits per heavy atom. The van der Waals surface area contributed by atoms with Gasteiger partial charge in [0.15, 0.2) is 11.6 Å². The van der Waals surface area contributed by atoms with E-state index >= 15 is 0 Å². The first-order valence-corrected chi connectivity index (χ1v) is 7.59. The van der Waals surface area contributed by atoms with Crippen LogP contribution in [0.3, 0.4) is 0 Å². The highest BCUT2D eigenvalue weighted by Crippen LogP contribution is 2.36. The smallest absolute Gasteiger partial charge is 0.223 e. The number of aromatic nitrogens is 4. The fourth-order valence-electron chi connectivity index (χ4n) is 3.14. The molecule has 3 aromatic rings. The molecule has 7 heteroatoms. The molecule has 0 bridgehead atoms. The normalized spacial score (nSPS) is 16.0. The average Bonchev–Trinajstić information content (AvgIpc) is 2.94. The van der Waals surface area contributed by atoms with Crippen LogP contribution in [0.4, 0.5) is 8.78 Å². The van der Waals surface area contributed by atoms with Gasteiger partial charge in [0, 0.05) is 18.5 Å². The Morgan fingerprint density at radius 1 is 1.17 bits per heavy atom. The summed E-state index contributed by atoms with van der Waals surface area (Å²) in [5, 5.41) is -0.0819. The van der Waals surface area contributed by atoms with Crippen molar-refractivity contribution in [1.82, 2.24) is 19.5 Å². The number of fused-ring (bicyclic) bond motifs is 3. The lowest BCUT2D eigenvalue weighted by Gasteiger charge is -2.15. The molecular weight excluding hydrogens is 322 g/mol. The predicted molar refractivity (Wildman–Crippen MR) is 83.2 cm³/mol. The summed E-state index contributed by atoms with van der Waals surface area (Å²) < 4.78 is 30.4. The van der Waals surface area contributed by atoms with Crippen molar-refractivity contribution in [3.63, 3.8) is 0 Å². The van der Waals surface area contributed by atoms with E-state index in [1.165, 1.54) is 6.07 Å². The maximum atomic E-state index is 14.4. The third kappa shape index (κ3) is 2.28. The second kappa shape index (κ2) is 4.71. The highest BCUT2D eigenvalue weighted by atomic mass is 35.5. The third-order valence-electron chi connectivity index (χ3n) is 4.10. The van der Waals surface area contributed by atoms with E-state index < -0.39 is 11.6 Å². The van der Waals surface area contributed by atoms with Crippen molar-refractivity contribution < 1.29 is 8.78 Å². The van der Waals surface area contributed by atoms with Gasteiger partial charge in [-0.15, -0.1) is 0 Å². The van der Waals surface area contributed by atoms with Gasteiger partial charge in [-0.25, -0.2) is 23.7 Å². The van der Waals surface area contributed by atoms with Crippen LogP contribution >= 0.6 is 11.6 Å². The number of halogens is 3. The maximum Gasteiger partial charge on any atom is 0.223 e. The van der Waals surface area contributed by atoms with E-state index in [0.29, 0.717) is 16.6 Å². The van der Waals surface area contributed by atoms with Crippen molar-refractivity contribution in [3.05, 3.63) is 41.1 Å². The van der Waals surface area contributed by atoms with Gasteiger partial charge in [0.2, 0.25) is 5.28 Å². The Hall–Kier alpha value is -2.08. The summed E-state index contributed by atoms with van der Waals surface area (Å²) in [6.07, 6.45) is 1.76. The number of imidazole rings is 1. The van der Waals surface area contributed by atoms with Gasteiger partial charge < -0.3 is 4.57 Å². The zero-order valence-corrected chi connectivity index (χ0v) is 13.3. The van der Waals surface area contributed by atoms with Gasteiger partial charge >= 0.3 is 0 Å². The SMILES string of the molecule is CC1(C)Cc2nc3c(F)cc(-c4nc(Cl)ncc4F)cc3n2C1. The van der Waals surface area contributed by atoms with Crippen LogP contribution in [0.15, 0.2) is 18.3 Å². The summed E-state index contributed by atoms with van der Waals surface area (Å²) in [6.45, 7) is 5.02. The van der Waals surface area contributed by atoms with Crippen LogP contribution in [-0.4, -0.2) is 19.5 Å². The van der Waals surface area contributed by atoms with Crippen molar-refractivity contribution in [2.75, 3.05) is 0 Å². The summed E-state index contributed by atoms with van der Waals surface area (Å²) in [6, 6.07) is 2.94. The molecule has 0 fully saturated rings. The number of nitrogens with zero attached hydrogens (tertiary/aromatic N) is 4. The van der Waals surface area contributed by atoms with Gasteiger partial charge in [0.05, 0.1) is 11.7 Å². The molecular formula is C16H13ClF2N4. The molecule has 0 spiro atoms. The van der Waals surface area contributed by atoms with Gasteiger partial charge in [-0.1, -0.05) is 13.8 Å². The average molecular weight is 335 g/mol. The predicted octanol–water partition coefficient (Wildman–Crippen LogP) is 4.01. The Labute approximate surface area is 136 Å². The monoisotopic (exact) mass is 334 g/mol. The second-order valence-corrected chi connectivity index (χ2v) is 6.95. The second-order valence-electron chi connectivity index (χ2n) is 6.62. The quantitative estimate of drug-likeness (QED) is 0.632. The topological polar surface area (TPSA) is 43.6 Å². The lowest BCUT2D eigenvalue weighted by molar-refractivity contribution is 0.361. The fraction of sp³-hybridized carbons (Fsp3) is 0.312. The number of hydrogen-bond donors (Lipinski definition) is 0. The zero-order valence-electron chi connectivity index (χ0n) is 12.6. The first-order chi connectivity index (χ1) is 10.8. The van der Waals surface area contributed by atoms with Crippen LogP contribution in [0.2, 0.25) is 5.28 Å². The summed E-state index contributed by atoms with van der Waals surface area (Å²) in [5.74, 6) is -0.289.